The zero-order valence-corrected chi connectivity index (χ0v) is 9.43. The van der Waals surface area contributed by atoms with E-state index < -0.39 is 0 Å². The van der Waals surface area contributed by atoms with Crippen molar-refractivity contribution in [2.75, 3.05) is 7.11 Å². The lowest BCUT2D eigenvalue weighted by Crippen LogP contribution is -1.85. The van der Waals surface area contributed by atoms with Gasteiger partial charge in [-0.1, -0.05) is 35.3 Å². The SMILES string of the molecule is COc1ccc2ccc(O)c(Cl)c2c1Cl. The summed E-state index contributed by atoms with van der Waals surface area (Å²) in [5, 5.41) is 11.6. The van der Waals surface area contributed by atoms with Gasteiger partial charge in [-0.3, -0.25) is 0 Å². The summed E-state index contributed by atoms with van der Waals surface area (Å²) in [6.07, 6.45) is 0. The highest BCUT2D eigenvalue weighted by Crippen LogP contribution is 2.40. The lowest BCUT2D eigenvalue weighted by Gasteiger charge is -2.08. The fraction of sp³-hybridized carbons (Fsp3) is 0.0909. The Kier molecular flexibility index (Phi) is 2.63. The zero-order chi connectivity index (χ0) is 11.0. The molecule has 0 bridgehead atoms. The van der Waals surface area contributed by atoms with Gasteiger partial charge in [-0.25, -0.2) is 0 Å². The van der Waals surface area contributed by atoms with E-state index in [1.165, 1.54) is 13.2 Å². The molecule has 2 aromatic rings. The Morgan fingerprint density at radius 1 is 1.07 bits per heavy atom. The standard InChI is InChI=1S/C11H8Cl2O2/c1-15-8-5-3-6-2-4-7(14)10(12)9(6)11(8)13/h2-5,14H,1H3. The van der Waals surface area contributed by atoms with Crippen molar-refractivity contribution in [3.05, 3.63) is 34.3 Å². The highest BCUT2D eigenvalue weighted by atomic mass is 35.5. The number of aromatic hydroxyl groups is 1. The van der Waals surface area contributed by atoms with Gasteiger partial charge in [0.15, 0.2) is 0 Å². The number of hydrogen-bond donors (Lipinski definition) is 1. The molecule has 0 saturated heterocycles. The van der Waals surface area contributed by atoms with E-state index in [0.717, 1.165) is 5.39 Å². The van der Waals surface area contributed by atoms with Crippen molar-refractivity contribution in [2.45, 2.75) is 0 Å². The van der Waals surface area contributed by atoms with Crippen molar-refractivity contribution in [3.8, 4) is 11.5 Å². The van der Waals surface area contributed by atoms with Crippen LogP contribution in [0.4, 0.5) is 0 Å². The number of phenolic OH excluding ortho intramolecular Hbond substituents is 1. The Bertz CT molecular complexity index is 523. The van der Waals surface area contributed by atoms with Crippen LogP contribution in [0.1, 0.15) is 0 Å². The minimum Gasteiger partial charge on any atom is -0.506 e. The molecule has 1 N–H and O–H groups in total. The van der Waals surface area contributed by atoms with Gasteiger partial charge in [0.1, 0.15) is 11.5 Å². The summed E-state index contributed by atoms with van der Waals surface area (Å²) in [4.78, 5) is 0. The molecule has 0 atom stereocenters. The minimum atomic E-state index is 0.0133. The molecular formula is C11H8Cl2O2. The molecule has 0 aliphatic rings. The fourth-order valence-electron chi connectivity index (χ4n) is 1.46. The molecule has 2 nitrogen and oxygen atoms in total. The topological polar surface area (TPSA) is 29.5 Å². The maximum absolute atomic E-state index is 9.47. The molecule has 0 saturated carbocycles. The Hall–Kier alpha value is -1.12. The van der Waals surface area contributed by atoms with Crippen molar-refractivity contribution in [2.24, 2.45) is 0 Å². The van der Waals surface area contributed by atoms with Crippen molar-refractivity contribution < 1.29 is 9.84 Å². The van der Waals surface area contributed by atoms with Gasteiger partial charge in [0.25, 0.3) is 0 Å². The zero-order valence-electron chi connectivity index (χ0n) is 7.92. The summed E-state index contributed by atoms with van der Waals surface area (Å²) >= 11 is 12.1. The van der Waals surface area contributed by atoms with E-state index in [2.05, 4.69) is 0 Å². The van der Waals surface area contributed by atoms with Crippen LogP contribution in [-0.4, -0.2) is 12.2 Å². The second-order valence-electron chi connectivity index (χ2n) is 3.08. The highest BCUT2D eigenvalue weighted by Gasteiger charge is 2.11. The summed E-state index contributed by atoms with van der Waals surface area (Å²) in [5.74, 6) is 0.552. The number of halogens is 2. The quantitative estimate of drug-likeness (QED) is 0.823. The van der Waals surface area contributed by atoms with Crippen molar-refractivity contribution in [3.63, 3.8) is 0 Å². The maximum Gasteiger partial charge on any atom is 0.138 e. The number of rotatable bonds is 1. The predicted octanol–water partition coefficient (Wildman–Crippen LogP) is 3.86. The number of phenols is 1. The van der Waals surface area contributed by atoms with Gasteiger partial charge in [0.05, 0.1) is 17.2 Å². The lowest BCUT2D eigenvalue weighted by molar-refractivity contribution is 0.415. The molecule has 15 heavy (non-hydrogen) atoms. The fourth-order valence-corrected chi connectivity index (χ4v) is 2.12. The van der Waals surface area contributed by atoms with Gasteiger partial charge in [0, 0.05) is 5.39 Å². The van der Waals surface area contributed by atoms with E-state index in [-0.39, 0.29) is 10.8 Å². The van der Waals surface area contributed by atoms with Gasteiger partial charge in [-0.2, -0.15) is 0 Å². The van der Waals surface area contributed by atoms with Crippen LogP contribution in [0.2, 0.25) is 10.0 Å². The molecule has 0 aromatic heterocycles. The van der Waals surface area contributed by atoms with Crippen LogP contribution in [-0.2, 0) is 0 Å². The Balaban J connectivity index is 2.89. The number of methoxy groups -OCH3 is 1. The van der Waals surface area contributed by atoms with Crippen LogP contribution in [0, 0.1) is 0 Å². The molecule has 0 aliphatic carbocycles. The largest absolute Gasteiger partial charge is 0.506 e. The molecular weight excluding hydrogens is 235 g/mol. The van der Waals surface area contributed by atoms with Crippen LogP contribution in [0.25, 0.3) is 10.8 Å². The molecule has 0 heterocycles. The Morgan fingerprint density at radius 2 is 1.73 bits per heavy atom. The van der Waals surface area contributed by atoms with Gasteiger partial charge >= 0.3 is 0 Å². The van der Waals surface area contributed by atoms with Crippen molar-refractivity contribution in [1.29, 1.82) is 0 Å². The molecule has 78 valence electrons. The normalized spacial score (nSPS) is 10.6. The van der Waals surface area contributed by atoms with E-state index in [4.69, 9.17) is 27.9 Å². The van der Waals surface area contributed by atoms with Gasteiger partial charge in [0.2, 0.25) is 0 Å². The van der Waals surface area contributed by atoms with Crippen molar-refractivity contribution in [1.82, 2.24) is 0 Å². The first-order valence-corrected chi connectivity index (χ1v) is 5.04. The molecule has 2 aromatic carbocycles. The summed E-state index contributed by atoms with van der Waals surface area (Å²) in [6.45, 7) is 0. The molecule has 0 radical (unpaired) electrons. The van der Waals surface area contributed by atoms with Crippen LogP contribution in [0.3, 0.4) is 0 Å². The number of benzene rings is 2. The molecule has 0 spiro atoms. The molecule has 0 amide bonds. The third-order valence-corrected chi connectivity index (χ3v) is 2.98. The smallest absolute Gasteiger partial charge is 0.138 e. The van der Waals surface area contributed by atoms with Gasteiger partial charge in [-0.05, 0) is 17.5 Å². The average Bonchev–Trinajstić information content (AvgIpc) is 2.24. The first-order chi connectivity index (χ1) is 7.15. The first-order valence-electron chi connectivity index (χ1n) is 4.29. The van der Waals surface area contributed by atoms with Gasteiger partial charge < -0.3 is 9.84 Å². The van der Waals surface area contributed by atoms with E-state index in [1.54, 1.807) is 12.1 Å². The second-order valence-corrected chi connectivity index (χ2v) is 3.83. The van der Waals surface area contributed by atoms with Crippen molar-refractivity contribution >= 4 is 34.0 Å². The Morgan fingerprint density at radius 3 is 2.40 bits per heavy atom. The number of fused-ring (bicyclic) bond motifs is 1. The van der Waals surface area contributed by atoms with Crippen LogP contribution in [0.5, 0.6) is 11.5 Å². The molecule has 0 unspecified atom stereocenters. The van der Waals surface area contributed by atoms with E-state index in [9.17, 15) is 5.11 Å². The average molecular weight is 243 g/mol. The summed E-state index contributed by atoms with van der Waals surface area (Å²) in [7, 11) is 1.53. The van der Waals surface area contributed by atoms with Crippen LogP contribution < -0.4 is 4.74 Å². The summed E-state index contributed by atoms with van der Waals surface area (Å²) < 4.78 is 5.08. The number of hydrogen-bond acceptors (Lipinski definition) is 2. The third kappa shape index (κ3) is 1.60. The molecule has 0 fully saturated rings. The highest BCUT2D eigenvalue weighted by molar-refractivity contribution is 6.43. The molecule has 0 aliphatic heterocycles. The summed E-state index contributed by atoms with van der Waals surface area (Å²) in [6, 6.07) is 6.89. The summed E-state index contributed by atoms with van der Waals surface area (Å²) in [5.41, 5.74) is 0. The van der Waals surface area contributed by atoms with Gasteiger partial charge in [-0.15, -0.1) is 0 Å². The van der Waals surface area contributed by atoms with E-state index in [0.29, 0.717) is 16.2 Å². The predicted molar refractivity (Wildman–Crippen MR) is 62.2 cm³/mol. The molecule has 2 rings (SSSR count). The third-order valence-electron chi connectivity index (χ3n) is 2.22. The Labute approximate surface area is 97.0 Å². The lowest BCUT2D eigenvalue weighted by atomic mass is 10.1. The van der Waals surface area contributed by atoms with Crippen LogP contribution in [0.15, 0.2) is 24.3 Å². The second kappa shape index (κ2) is 3.80. The minimum absolute atomic E-state index is 0.0133. The first kappa shape index (κ1) is 10.4. The number of ether oxygens (including phenoxy) is 1. The van der Waals surface area contributed by atoms with E-state index in [1.807, 2.05) is 6.07 Å². The monoisotopic (exact) mass is 242 g/mol. The van der Waals surface area contributed by atoms with Crippen LogP contribution >= 0.6 is 23.2 Å². The maximum atomic E-state index is 9.47. The van der Waals surface area contributed by atoms with E-state index >= 15 is 0 Å². The molecule has 4 heteroatoms.